The number of benzene rings is 1. The molecule has 1 saturated carbocycles. The Labute approximate surface area is 139 Å². The fourth-order valence-corrected chi connectivity index (χ4v) is 3.47. The number of sulfonamides is 1. The smallest absolute Gasteiger partial charge is 0.338 e. The van der Waals surface area contributed by atoms with Gasteiger partial charge in [0.15, 0.2) is 6.61 Å². The number of amides is 1. The van der Waals surface area contributed by atoms with Crippen LogP contribution in [0, 0.1) is 0 Å². The second kappa shape index (κ2) is 7.29. The highest BCUT2D eigenvalue weighted by Gasteiger charge is 2.20. The fourth-order valence-electron chi connectivity index (χ4n) is 2.40. The SMILES string of the molecule is NS(=O)(=O)c1cc(C(=O)OCC(=O)NC2CCCC2)ccc1Cl. The first-order chi connectivity index (χ1) is 10.8. The summed E-state index contributed by atoms with van der Waals surface area (Å²) in [6.45, 7) is -0.428. The molecule has 3 N–H and O–H groups in total. The Balaban J connectivity index is 1.96. The van der Waals surface area contributed by atoms with E-state index in [1.807, 2.05) is 0 Å². The van der Waals surface area contributed by atoms with E-state index in [0.717, 1.165) is 31.7 Å². The number of hydrogen-bond acceptors (Lipinski definition) is 5. The zero-order valence-electron chi connectivity index (χ0n) is 12.2. The first-order valence-corrected chi connectivity index (χ1v) is 8.98. The summed E-state index contributed by atoms with van der Waals surface area (Å²) in [6.07, 6.45) is 4.00. The largest absolute Gasteiger partial charge is 0.452 e. The maximum Gasteiger partial charge on any atom is 0.338 e. The van der Waals surface area contributed by atoms with Gasteiger partial charge in [0.05, 0.1) is 10.6 Å². The van der Waals surface area contributed by atoms with Gasteiger partial charge >= 0.3 is 5.97 Å². The van der Waals surface area contributed by atoms with Crippen LogP contribution in [0.1, 0.15) is 36.0 Å². The molecule has 2 rings (SSSR count). The minimum absolute atomic E-state index is 0.0490. The number of esters is 1. The molecule has 126 valence electrons. The molecule has 23 heavy (non-hydrogen) atoms. The number of primary sulfonamides is 1. The molecule has 7 nitrogen and oxygen atoms in total. The average Bonchev–Trinajstić information content (AvgIpc) is 2.97. The third-order valence-electron chi connectivity index (χ3n) is 3.53. The topological polar surface area (TPSA) is 116 Å². The first kappa shape index (κ1) is 17.7. The molecule has 0 saturated heterocycles. The summed E-state index contributed by atoms with van der Waals surface area (Å²) in [6, 6.07) is 3.69. The van der Waals surface area contributed by atoms with Gasteiger partial charge in [-0.25, -0.2) is 18.4 Å². The molecule has 0 aliphatic heterocycles. The van der Waals surface area contributed by atoms with Gasteiger partial charge in [-0.1, -0.05) is 24.4 Å². The summed E-state index contributed by atoms with van der Waals surface area (Å²) in [5, 5.41) is 7.69. The molecule has 1 amide bonds. The van der Waals surface area contributed by atoms with Crippen molar-refractivity contribution in [3.8, 4) is 0 Å². The van der Waals surface area contributed by atoms with Gasteiger partial charge in [-0.15, -0.1) is 0 Å². The lowest BCUT2D eigenvalue weighted by Gasteiger charge is -2.12. The quantitative estimate of drug-likeness (QED) is 0.765. The van der Waals surface area contributed by atoms with Crippen LogP contribution in [0.25, 0.3) is 0 Å². The summed E-state index contributed by atoms with van der Waals surface area (Å²) in [4.78, 5) is 23.2. The molecule has 0 heterocycles. The van der Waals surface area contributed by atoms with Gasteiger partial charge in [0.25, 0.3) is 5.91 Å². The molecule has 0 unspecified atom stereocenters. The number of nitrogens with two attached hydrogens (primary N) is 1. The number of carbonyl (C=O) groups is 2. The Hall–Kier alpha value is -1.64. The molecule has 1 aromatic carbocycles. The summed E-state index contributed by atoms with van der Waals surface area (Å²) in [5.74, 6) is -1.21. The Morgan fingerprint density at radius 3 is 2.57 bits per heavy atom. The van der Waals surface area contributed by atoms with Crippen molar-refractivity contribution in [2.24, 2.45) is 5.14 Å². The standard InChI is InChI=1S/C14H17ClN2O5S/c15-11-6-5-9(7-12(11)23(16,20)21)14(19)22-8-13(18)17-10-3-1-2-4-10/h5-7,10H,1-4,8H2,(H,17,18)(H2,16,20,21). The maximum absolute atomic E-state index is 11.9. The van der Waals surface area contributed by atoms with Crippen molar-refractivity contribution in [2.75, 3.05) is 6.61 Å². The van der Waals surface area contributed by atoms with E-state index in [4.69, 9.17) is 21.5 Å². The van der Waals surface area contributed by atoms with Crippen LogP contribution in [0.3, 0.4) is 0 Å². The minimum Gasteiger partial charge on any atom is -0.452 e. The monoisotopic (exact) mass is 360 g/mol. The number of carbonyl (C=O) groups excluding carboxylic acids is 2. The first-order valence-electron chi connectivity index (χ1n) is 7.06. The average molecular weight is 361 g/mol. The van der Waals surface area contributed by atoms with Gasteiger partial charge in [0.2, 0.25) is 10.0 Å². The van der Waals surface area contributed by atoms with Crippen LogP contribution in [0.2, 0.25) is 5.02 Å². The number of halogens is 1. The predicted molar refractivity (Wildman–Crippen MR) is 83.5 cm³/mol. The van der Waals surface area contributed by atoms with E-state index in [9.17, 15) is 18.0 Å². The number of nitrogens with one attached hydrogen (secondary N) is 1. The molecular formula is C14H17ClN2O5S. The van der Waals surface area contributed by atoms with E-state index in [1.54, 1.807) is 0 Å². The van der Waals surface area contributed by atoms with Crippen molar-refractivity contribution in [2.45, 2.75) is 36.6 Å². The van der Waals surface area contributed by atoms with Crippen molar-refractivity contribution >= 4 is 33.5 Å². The lowest BCUT2D eigenvalue weighted by atomic mass is 10.2. The number of rotatable bonds is 5. The minimum atomic E-state index is -4.06. The highest BCUT2D eigenvalue weighted by Crippen LogP contribution is 2.22. The van der Waals surface area contributed by atoms with E-state index >= 15 is 0 Å². The van der Waals surface area contributed by atoms with E-state index < -0.39 is 22.6 Å². The van der Waals surface area contributed by atoms with Crippen LogP contribution in [0.5, 0.6) is 0 Å². The lowest BCUT2D eigenvalue weighted by Crippen LogP contribution is -2.35. The van der Waals surface area contributed by atoms with Crippen LogP contribution in [0.4, 0.5) is 0 Å². The highest BCUT2D eigenvalue weighted by molar-refractivity contribution is 7.89. The second-order valence-corrected chi connectivity index (χ2v) is 7.25. The second-order valence-electron chi connectivity index (χ2n) is 5.32. The van der Waals surface area contributed by atoms with Crippen molar-refractivity contribution in [1.82, 2.24) is 5.32 Å². The molecule has 1 aromatic rings. The molecule has 1 aliphatic rings. The van der Waals surface area contributed by atoms with E-state index in [-0.39, 0.29) is 27.4 Å². The summed E-state index contributed by atoms with van der Waals surface area (Å²) >= 11 is 5.73. The number of hydrogen-bond donors (Lipinski definition) is 2. The Kier molecular flexibility index (Phi) is 5.61. The highest BCUT2D eigenvalue weighted by atomic mass is 35.5. The zero-order valence-corrected chi connectivity index (χ0v) is 13.8. The molecule has 0 spiro atoms. The normalized spacial score (nSPS) is 15.4. The third-order valence-corrected chi connectivity index (χ3v) is 4.92. The summed E-state index contributed by atoms with van der Waals surface area (Å²) in [7, 11) is -4.06. The molecule has 9 heteroatoms. The Morgan fingerprint density at radius 2 is 1.96 bits per heavy atom. The van der Waals surface area contributed by atoms with Crippen molar-refractivity contribution < 1.29 is 22.7 Å². The maximum atomic E-state index is 11.9. The molecule has 0 aromatic heterocycles. The van der Waals surface area contributed by atoms with Crippen LogP contribution in [-0.4, -0.2) is 32.9 Å². The third kappa shape index (κ3) is 4.92. The molecule has 1 fully saturated rings. The van der Waals surface area contributed by atoms with Gasteiger partial charge in [0, 0.05) is 6.04 Å². The predicted octanol–water partition coefficient (Wildman–Crippen LogP) is 1.20. The summed E-state index contributed by atoms with van der Waals surface area (Å²) in [5.41, 5.74) is -0.0490. The molecule has 0 radical (unpaired) electrons. The Bertz CT molecular complexity index is 714. The van der Waals surface area contributed by atoms with E-state index in [1.165, 1.54) is 12.1 Å². The summed E-state index contributed by atoms with van der Waals surface area (Å²) < 4.78 is 27.6. The van der Waals surface area contributed by atoms with Gasteiger partial charge in [-0.05, 0) is 31.0 Å². The zero-order chi connectivity index (χ0) is 17.0. The molecular weight excluding hydrogens is 344 g/mol. The van der Waals surface area contributed by atoms with Crippen molar-refractivity contribution in [1.29, 1.82) is 0 Å². The Morgan fingerprint density at radius 1 is 1.30 bits per heavy atom. The van der Waals surface area contributed by atoms with Gasteiger partial charge < -0.3 is 10.1 Å². The van der Waals surface area contributed by atoms with Crippen LogP contribution < -0.4 is 10.5 Å². The molecule has 0 atom stereocenters. The van der Waals surface area contributed by atoms with Crippen LogP contribution >= 0.6 is 11.6 Å². The van der Waals surface area contributed by atoms with Crippen molar-refractivity contribution in [3.05, 3.63) is 28.8 Å². The fraction of sp³-hybridized carbons (Fsp3) is 0.429. The number of ether oxygens (including phenoxy) is 1. The van der Waals surface area contributed by atoms with Crippen LogP contribution in [-0.2, 0) is 19.6 Å². The molecule has 0 bridgehead atoms. The van der Waals surface area contributed by atoms with Gasteiger partial charge in [-0.2, -0.15) is 0 Å². The van der Waals surface area contributed by atoms with Crippen LogP contribution in [0.15, 0.2) is 23.1 Å². The van der Waals surface area contributed by atoms with E-state index in [2.05, 4.69) is 5.32 Å². The van der Waals surface area contributed by atoms with Gasteiger partial charge in [-0.3, -0.25) is 4.79 Å². The van der Waals surface area contributed by atoms with E-state index in [0.29, 0.717) is 0 Å². The van der Waals surface area contributed by atoms with Crippen molar-refractivity contribution in [3.63, 3.8) is 0 Å². The van der Waals surface area contributed by atoms with Gasteiger partial charge in [0.1, 0.15) is 4.90 Å². The lowest BCUT2D eigenvalue weighted by molar-refractivity contribution is -0.124. The molecule has 1 aliphatic carbocycles.